The zero-order chi connectivity index (χ0) is 20.0. The number of aliphatic carboxylic acids is 2. The average Bonchev–Trinajstić information content (AvgIpc) is 3.01. The number of aromatic nitrogens is 1. The minimum atomic E-state index is -1.82. The molecule has 27 heavy (non-hydrogen) atoms. The molecule has 1 aliphatic rings. The molecule has 0 fully saturated rings. The molecule has 0 amide bonds. The Kier molecular flexibility index (Phi) is 6.39. The van der Waals surface area contributed by atoms with Crippen LogP contribution in [0.25, 0.3) is 5.57 Å². The zero-order valence-corrected chi connectivity index (χ0v) is 15.2. The van der Waals surface area contributed by atoms with Crippen LogP contribution in [0.4, 0.5) is 0 Å². The summed E-state index contributed by atoms with van der Waals surface area (Å²) in [5.41, 5.74) is 6.97. The van der Waals surface area contributed by atoms with Gasteiger partial charge in [0.05, 0.1) is 11.3 Å². The van der Waals surface area contributed by atoms with Crippen molar-refractivity contribution in [1.82, 2.24) is 9.88 Å². The smallest absolute Gasteiger partial charge is 0.414 e. The van der Waals surface area contributed by atoms with Crippen molar-refractivity contribution in [3.8, 4) is 6.07 Å². The van der Waals surface area contributed by atoms with Crippen LogP contribution in [0.2, 0.25) is 0 Å². The number of carboxylic acid groups (broad SMARTS) is 2. The lowest BCUT2D eigenvalue weighted by Gasteiger charge is -2.15. The molecule has 1 aliphatic heterocycles. The predicted octanol–water partition coefficient (Wildman–Crippen LogP) is 2.46. The van der Waals surface area contributed by atoms with Gasteiger partial charge in [0.15, 0.2) is 0 Å². The fourth-order valence-electron chi connectivity index (χ4n) is 3.12. The topological polar surface area (TPSA) is 115 Å². The van der Waals surface area contributed by atoms with E-state index in [0.717, 1.165) is 30.6 Å². The van der Waals surface area contributed by atoms with E-state index in [1.807, 2.05) is 19.3 Å². The molecule has 0 unspecified atom stereocenters. The van der Waals surface area contributed by atoms with E-state index in [2.05, 4.69) is 47.1 Å². The Bertz CT molecular complexity index is 917. The molecule has 140 valence electrons. The summed E-state index contributed by atoms with van der Waals surface area (Å²) in [6.45, 7) is 3.07. The maximum absolute atomic E-state index is 9.20. The molecule has 0 radical (unpaired) electrons. The molecule has 1 aromatic carbocycles. The lowest BCUT2D eigenvalue weighted by atomic mass is 9.94. The predicted molar refractivity (Wildman–Crippen MR) is 99.9 cm³/mol. The number of nitrogens with zero attached hydrogens (tertiary/aromatic N) is 2. The van der Waals surface area contributed by atoms with Gasteiger partial charge in [-0.15, -0.1) is 0 Å². The van der Waals surface area contributed by atoms with Crippen molar-refractivity contribution < 1.29 is 19.8 Å². The summed E-state index contributed by atoms with van der Waals surface area (Å²) in [5.74, 6) is -3.65. The number of fused-ring (bicyclic) bond motifs is 2. The standard InChI is InChI=1S/C18H19N3.C2H2O4/c1-3-16(20-2)18-15-7-5-4-6-14(15)8-9-21-12-13(11-19)10-17(18)21;3-1(4)2(5)6/h4-7,10,12,20H,3,8-9H2,1-2H3;(H,3,4)(H,5,6). The zero-order valence-electron chi connectivity index (χ0n) is 15.2. The molecule has 0 saturated carbocycles. The molecule has 3 rings (SSSR count). The van der Waals surface area contributed by atoms with E-state index in [9.17, 15) is 5.26 Å². The van der Waals surface area contributed by atoms with Crippen LogP contribution < -0.4 is 5.32 Å². The first-order valence-electron chi connectivity index (χ1n) is 8.48. The normalized spacial score (nSPS) is 13.7. The van der Waals surface area contributed by atoms with Crippen molar-refractivity contribution in [3.63, 3.8) is 0 Å². The number of aryl methyl sites for hydroxylation is 2. The lowest BCUT2D eigenvalue weighted by Crippen LogP contribution is -2.10. The first kappa shape index (κ1) is 19.8. The van der Waals surface area contributed by atoms with Gasteiger partial charge >= 0.3 is 11.9 Å². The Hall–Kier alpha value is -3.53. The van der Waals surface area contributed by atoms with Gasteiger partial charge in [-0.2, -0.15) is 5.26 Å². The number of hydrogen-bond acceptors (Lipinski definition) is 4. The second kappa shape index (κ2) is 8.72. The molecule has 1 aromatic heterocycles. The summed E-state index contributed by atoms with van der Waals surface area (Å²) in [6.07, 6.45) is 3.89. The SMILES string of the molecule is CCC(NC)=C1c2ccccc2CCn2cc(C#N)cc21.O=C(O)C(=O)O. The van der Waals surface area contributed by atoms with E-state index in [1.165, 1.54) is 22.4 Å². The van der Waals surface area contributed by atoms with Crippen LogP contribution in [0.1, 0.15) is 35.7 Å². The molecule has 2 heterocycles. The highest BCUT2D eigenvalue weighted by Crippen LogP contribution is 2.34. The summed E-state index contributed by atoms with van der Waals surface area (Å²) in [4.78, 5) is 18.2. The molecule has 0 bridgehead atoms. The highest BCUT2D eigenvalue weighted by Gasteiger charge is 2.21. The third-order valence-electron chi connectivity index (χ3n) is 4.33. The molecule has 0 spiro atoms. The van der Waals surface area contributed by atoms with Crippen molar-refractivity contribution in [2.75, 3.05) is 7.05 Å². The van der Waals surface area contributed by atoms with Crippen LogP contribution in [-0.2, 0) is 22.6 Å². The first-order chi connectivity index (χ1) is 12.9. The number of hydrogen-bond donors (Lipinski definition) is 3. The van der Waals surface area contributed by atoms with Crippen LogP contribution in [0.15, 0.2) is 42.2 Å². The number of nitrogens with one attached hydrogen (secondary N) is 1. The van der Waals surface area contributed by atoms with E-state index in [0.29, 0.717) is 0 Å². The molecular weight excluding hydrogens is 346 g/mol. The fourth-order valence-corrected chi connectivity index (χ4v) is 3.12. The summed E-state index contributed by atoms with van der Waals surface area (Å²) in [6, 6.07) is 12.8. The Morgan fingerprint density at radius 1 is 1.26 bits per heavy atom. The molecule has 0 aliphatic carbocycles. The van der Waals surface area contributed by atoms with E-state index in [4.69, 9.17) is 19.8 Å². The Labute approximate surface area is 157 Å². The Balaban J connectivity index is 0.000000380. The van der Waals surface area contributed by atoms with Gasteiger partial charge in [-0.3, -0.25) is 0 Å². The molecule has 0 saturated heterocycles. The average molecular weight is 367 g/mol. The third kappa shape index (κ3) is 4.36. The highest BCUT2D eigenvalue weighted by molar-refractivity contribution is 6.27. The van der Waals surface area contributed by atoms with E-state index >= 15 is 0 Å². The number of rotatable bonds is 2. The van der Waals surface area contributed by atoms with Gasteiger partial charge in [0, 0.05) is 31.1 Å². The Morgan fingerprint density at radius 2 is 1.93 bits per heavy atom. The Morgan fingerprint density at radius 3 is 2.48 bits per heavy atom. The number of benzene rings is 1. The fraction of sp³-hybridized carbons (Fsp3) is 0.250. The third-order valence-corrected chi connectivity index (χ3v) is 4.33. The summed E-state index contributed by atoms with van der Waals surface area (Å²) >= 11 is 0. The van der Waals surface area contributed by atoms with Crippen molar-refractivity contribution in [3.05, 3.63) is 64.6 Å². The molecular formula is C20H21N3O4. The molecule has 0 atom stereocenters. The van der Waals surface area contributed by atoms with Gasteiger partial charge in [-0.1, -0.05) is 31.2 Å². The van der Waals surface area contributed by atoms with Gasteiger partial charge in [-0.05, 0) is 30.0 Å². The monoisotopic (exact) mass is 367 g/mol. The van der Waals surface area contributed by atoms with E-state index in [-0.39, 0.29) is 0 Å². The van der Waals surface area contributed by atoms with Crippen LogP contribution in [0.5, 0.6) is 0 Å². The quantitative estimate of drug-likeness (QED) is 0.702. The van der Waals surface area contributed by atoms with Gasteiger partial charge in [-0.25, -0.2) is 9.59 Å². The second-order valence-corrected chi connectivity index (χ2v) is 5.89. The maximum atomic E-state index is 9.20. The number of carbonyl (C=O) groups is 2. The van der Waals surface area contributed by atoms with Crippen molar-refractivity contribution >= 4 is 17.5 Å². The van der Waals surface area contributed by atoms with Gasteiger partial charge in [0.25, 0.3) is 0 Å². The van der Waals surface area contributed by atoms with Gasteiger partial charge < -0.3 is 20.1 Å². The van der Waals surface area contributed by atoms with E-state index in [1.54, 1.807) is 0 Å². The molecule has 2 aromatic rings. The first-order valence-corrected chi connectivity index (χ1v) is 8.48. The molecule has 7 nitrogen and oxygen atoms in total. The van der Waals surface area contributed by atoms with E-state index < -0.39 is 11.9 Å². The minimum absolute atomic E-state index is 0.730. The van der Waals surface area contributed by atoms with Crippen LogP contribution in [-0.4, -0.2) is 33.8 Å². The number of nitriles is 1. The summed E-state index contributed by atoms with van der Waals surface area (Å²) < 4.78 is 2.21. The highest BCUT2D eigenvalue weighted by atomic mass is 16.4. The molecule has 3 N–H and O–H groups in total. The number of allylic oxidation sites excluding steroid dienone is 1. The maximum Gasteiger partial charge on any atom is 0.414 e. The van der Waals surface area contributed by atoms with Gasteiger partial charge in [0.1, 0.15) is 6.07 Å². The van der Waals surface area contributed by atoms with Crippen molar-refractivity contribution in [2.24, 2.45) is 0 Å². The summed E-state index contributed by atoms with van der Waals surface area (Å²) in [7, 11) is 1.97. The second-order valence-electron chi connectivity index (χ2n) is 5.89. The van der Waals surface area contributed by atoms with Crippen molar-refractivity contribution in [1.29, 1.82) is 5.26 Å². The number of carboxylic acids is 2. The largest absolute Gasteiger partial charge is 0.473 e. The van der Waals surface area contributed by atoms with Crippen LogP contribution in [0.3, 0.4) is 0 Å². The minimum Gasteiger partial charge on any atom is -0.473 e. The van der Waals surface area contributed by atoms with Crippen LogP contribution in [0, 0.1) is 11.3 Å². The van der Waals surface area contributed by atoms with Crippen molar-refractivity contribution in [2.45, 2.75) is 26.3 Å². The molecule has 7 heteroatoms. The van der Waals surface area contributed by atoms with Crippen LogP contribution >= 0.6 is 0 Å². The summed E-state index contributed by atoms with van der Waals surface area (Å²) in [5, 5.41) is 27.3. The lowest BCUT2D eigenvalue weighted by molar-refractivity contribution is -0.159. The van der Waals surface area contributed by atoms with Gasteiger partial charge in [0.2, 0.25) is 0 Å².